The SMILES string of the molecule is CC(C)CCC[C@@H](C)[C@H]1CC[C@H]2[C@@H]3/C(=N\Nc4nc5nc6ccccc6nc5s4)C=C4C[C@@H](Cl)CC[C@]4(C)[C@H]3CC[C@]12C. The van der Waals surface area contributed by atoms with Crippen LogP contribution in [0.15, 0.2) is 41.0 Å². The van der Waals surface area contributed by atoms with Gasteiger partial charge < -0.3 is 0 Å². The molecule has 7 heteroatoms. The Morgan fingerprint density at radius 2 is 1.77 bits per heavy atom. The minimum Gasteiger partial charge on any atom is -0.252 e. The van der Waals surface area contributed by atoms with Crippen LogP contribution < -0.4 is 5.43 Å². The smallest absolute Gasteiger partial charge is 0.207 e. The number of allylic oxidation sites excluding steroid dienone is 2. The first-order valence-electron chi connectivity index (χ1n) is 16.9. The summed E-state index contributed by atoms with van der Waals surface area (Å²) < 4.78 is 0. The van der Waals surface area contributed by atoms with Gasteiger partial charge in [-0.3, -0.25) is 5.43 Å². The largest absolute Gasteiger partial charge is 0.252 e. The Bertz CT molecular complexity index is 1510. The molecule has 7 rings (SSSR count). The standard InChI is InChI=1S/C36H48ClN5S/c1-21(2)9-8-10-22(3)25-13-14-26-31-27(16-18-36(25,26)5)35(4)17-15-24(37)19-23(35)20-30(31)41-42-34-40-32-33(43-34)39-29-12-7-6-11-28(29)38-32/h6-7,11-12,20-22,24-27,31H,8-10,13-19H2,1-5H3,(H,38,40,42)/b41-30-/t22-,24+,25-,26+,27+,31+,35+,36-/m1/s1. The van der Waals surface area contributed by atoms with Crippen LogP contribution in [-0.2, 0) is 0 Å². The second kappa shape index (κ2) is 11.4. The van der Waals surface area contributed by atoms with Crippen LogP contribution in [-0.4, -0.2) is 26.0 Å². The normalized spacial score (nSPS) is 35.6. The first-order chi connectivity index (χ1) is 20.7. The van der Waals surface area contributed by atoms with Crippen molar-refractivity contribution in [3.05, 3.63) is 35.9 Å². The number of thiazole rings is 1. The maximum atomic E-state index is 6.79. The molecular weight excluding hydrogens is 570 g/mol. The number of halogens is 1. The van der Waals surface area contributed by atoms with Crippen molar-refractivity contribution >= 4 is 55.3 Å². The lowest BCUT2D eigenvalue weighted by Gasteiger charge is -2.58. The minimum absolute atomic E-state index is 0.233. The molecule has 0 spiro atoms. The molecule has 0 bridgehead atoms. The number of rotatable bonds is 7. The number of hydrogen-bond donors (Lipinski definition) is 1. The maximum absolute atomic E-state index is 6.79. The molecule has 2 aromatic heterocycles. The Hall–Kier alpha value is -2.05. The summed E-state index contributed by atoms with van der Waals surface area (Å²) in [5.41, 5.74) is 9.26. The van der Waals surface area contributed by atoms with Crippen LogP contribution in [0.2, 0.25) is 0 Å². The summed E-state index contributed by atoms with van der Waals surface area (Å²) in [6.07, 6.45) is 15.2. The van der Waals surface area contributed by atoms with E-state index in [2.05, 4.69) is 46.1 Å². The van der Waals surface area contributed by atoms with E-state index in [4.69, 9.17) is 31.7 Å². The van der Waals surface area contributed by atoms with Crippen molar-refractivity contribution in [3.8, 4) is 0 Å². The molecule has 0 aliphatic heterocycles. The zero-order valence-corrected chi connectivity index (χ0v) is 28.1. The third-order valence-electron chi connectivity index (χ3n) is 12.3. The van der Waals surface area contributed by atoms with E-state index in [1.165, 1.54) is 62.7 Å². The molecule has 0 unspecified atom stereocenters. The summed E-state index contributed by atoms with van der Waals surface area (Å²) in [6.45, 7) is 12.5. The summed E-state index contributed by atoms with van der Waals surface area (Å²) >= 11 is 8.33. The van der Waals surface area contributed by atoms with Gasteiger partial charge in [0.1, 0.15) is 0 Å². The van der Waals surface area contributed by atoms with Crippen molar-refractivity contribution < 1.29 is 0 Å². The topological polar surface area (TPSA) is 63.1 Å². The van der Waals surface area contributed by atoms with Crippen LogP contribution in [0, 0.1) is 46.3 Å². The molecule has 3 aromatic rings. The Labute approximate surface area is 266 Å². The van der Waals surface area contributed by atoms with Gasteiger partial charge in [-0.05, 0) is 104 Å². The number of alkyl halides is 1. The summed E-state index contributed by atoms with van der Waals surface area (Å²) in [5, 5.41) is 6.22. The van der Waals surface area contributed by atoms with Crippen molar-refractivity contribution in [3.63, 3.8) is 0 Å². The zero-order valence-electron chi connectivity index (χ0n) is 26.6. The van der Waals surface area contributed by atoms with Crippen LogP contribution in [0.3, 0.4) is 0 Å². The van der Waals surface area contributed by atoms with Crippen LogP contribution in [0.4, 0.5) is 5.13 Å². The molecule has 1 N–H and O–H groups in total. The Balaban J connectivity index is 1.21. The summed E-state index contributed by atoms with van der Waals surface area (Å²) in [5.74, 6) is 4.19. The number of nitrogens with zero attached hydrogens (tertiary/aromatic N) is 4. The number of para-hydroxylation sites is 2. The third kappa shape index (κ3) is 5.22. The van der Waals surface area contributed by atoms with E-state index < -0.39 is 0 Å². The molecule has 4 aliphatic rings. The number of nitrogens with one attached hydrogen (secondary N) is 1. The van der Waals surface area contributed by atoms with E-state index >= 15 is 0 Å². The molecule has 3 fully saturated rings. The molecule has 3 saturated carbocycles. The monoisotopic (exact) mass is 617 g/mol. The molecule has 43 heavy (non-hydrogen) atoms. The fraction of sp³-hybridized carbons (Fsp3) is 0.667. The van der Waals surface area contributed by atoms with Gasteiger partial charge in [0.15, 0.2) is 10.5 Å². The van der Waals surface area contributed by atoms with Gasteiger partial charge in [0.25, 0.3) is 0 Å². The molecule has 0 radical (unpaired) electrons. The Kier molecular flexibility index (Phi) is 7.85. The van der Waals surface area contributed by atoms with Crippen LogP contribution in [0.25, 0.3) is 21.5 Å². The lowest BCUT2D eigenvalue weighted by Crippen LogP contribution is -2.53. The average Bonchev–Trinajstić information content (AvgIpc) is 3.54. The molecule has 1 aromatic carbocycles. The van der Waals surface area contributed by atoms with Crippen molar-refractivity contribution in [1.29, 1.82) is 0 Å². The predicted molar refractivity (Wildman–Crippen MR) is 182 cm³/mol. The second-order valence-corrected chi connectivity index (χ2v) is 16.8. The van der Waals surface area contributed by atoms with Crippen molar-refractivity contribution in [1.82, 2.24) is 15.0 Å². The highest BCUT2D eigenvalue weighted by Gasteiger charge is 2.60. The molecule has 0 saturated heterocycles. The third-order valence-corrected chi connectivity index (χ3v) is 13.5. The number of aromatic nitrogens is 3. The maximum Gasteiger partial charge on any atom is 0.207 e. The lowest BCUT2D eigenvalue weighted by atomic mass is 9.46. The number of fused-ring (bicyclic) bond motifs is 7. The minimum atomic E-state index is 0.233. The lowest BCUT2D eigenvalue weighted by molar-refractivity contribution is -0.0212. The van der Waals surface area contributed by atoms with Crippen LogP contribution >= 0.6 is 22.9 Å². The van der Waals surface area contributed by atoms with E-state index in [1.807, 2.05) is 24.3 Å². The van der Waals surface area contributed by atoms with Gasteiger partial charge in [-0.15, -0.1) is 11.6 Å². The highest BCUT2D eigenvalue weighted by molar-refractivity contribution is 7.21. The quantitative estimate of drug-likeness (QED) is 0.212. The molecule has 2 heterocycles. The van der Waals surface area contributed by atoms with Gasteiger partial charge in [0, 0.05) is 11.3 Å². The number of hydrogen-bond acceptors (Lipinski definition) is 6. The zero-order chi connectivity index (χ0) is 29.9. The molecule has 230 valence electrons. The summed E-state index contributed by atoms with van der Waals surface area (Å²) in [4.78, 5) is 15.2. The molecule has 8 atom stereocenters. The van der Waals surface area contributed by atoms with E-state index in [9.17, 15) is 0 Å². The van der Waals surface area contributed by atoms with Gasteiger partial charge in [0.2, 0.25) is 5.13 Å². The fourth-order valence-electron chi connectivity index (χ4n) is 10.00. The number of hydrazone groups is 1. The van der Waals surface area contributed by atoms with Crippen molar-refractivity contribution in [2.75, 3.05) is 5.43 Å². The summed E-state index contributed by atoms with van der Waals surface area (Å²) in [7, 11) is 0. The highest BCUT2D eigenvalue weighted by Crippen LogP contribution is 2.67. The second-order valence-electron chi connectivity index (χ2n) is 15.2. The van der Waals surface area contributed by atoms with Gasteiger partial charge in [-0.2, -0.15) is 10.1 Å². The Morgan fingerprint density at radius 3 is 2.56 bits per heavy atom. The van der Waals surface area contributed by atoms with Crippen LogP contribution in [0.5, 0.6) is 0 Å². The first kappa shape index (κ1) is 29.6. The van der Waals surface area contributed by atoms with Gasteiger partial charge in [-0.1, -0.05) is 82.9 Å². The van der Waals surface area contributed by atoms with Crippen LogP contribution in [0.1, 0.15) is 98.8 Å². The highest BCUT2D eigenvalue weighted by atomic mass is 35.5. The predicted octanol–water partition coefficient (Wildman–Crippen LogP) is 10.3. The van der Waals surface area contributed by atoms with E-state index in [0.717, 1.165) is 51.6 Å². The number of anilines is 1. The average molecular weight is 618 g/mol. The van der Waals surface area contributed by atoms with Gasteiger partial charge >= 0.3 is 0 Å². The molecule has 0 amide bonds. The van der Waals surface area contributed by atoms with E-state index in [1.54, 1.807) is 11.3 Å². The van der Waals surface area contributed by atoms with Crippen molar-refractivity contribution in [2.24, 2.45) is 51.4 Å². The van der Waals surface area contributed by atoms with E-state index in [-0.39, 0.29) is 10.8 Å². The molecule has 5 nitrogen and oxygen atoms in total. The number of benzene rings is 1. The fourth-order valence-corrected chi connectivity index (χ4v) is 11.0. The van der Waals surface area contributed by atoms with Crippen molar-refractivity contribution in [2.45, 2.75) is 104 Å². The van der Waals surface area contributed by atoms with E-state index in [0.29, 0.717) is 28.8 Å². The van der Waals surface area contributed by atoms with Gasteiger partial charge in [0.05, 0.1) is 16.7 Å². The summed E-state index contributed by atoms with van der Waals surface area (Å²) in [6, 6.07) is 8.00. The first-order valence-corrected chi connectivity index (χ1v) is 18.1. The molecular formula is C36H48ClN5S. The Morgan fingerprint density at radius 1 is 0.977 bits per heavy atom. The van der Waals surface area contributed by atoms with Gasteiger partial charge in [-0.25, -0.2) is 9.97 Å². The molecule has 4 aliphatic carbocycles.